The molecule has 0 atom stereocenters. The third kappa shape index (κ3) is 25.6. The fraction of sp³-hybridized carbons (Fsp3) is 1.00. The average molecular weight is 140 g/mol. The minimum absolute atomic E-state index is 0.125. The monoisotopic (exact) mass is 138 g/mol. The SMILES string of the molecule is CCCC.[O]=[Zn]. The number of rotatable bonds is 1. The van der Waals surface area contributed by atoms with Gasteiger partial charge in [-0.3, -0.25) is 0 Å². The molecular formula is C4H10OZn. The molecule has 0 bridgehead atoms. The van der Waals surface area contributed by atoms with Crippen molar-refractivity contribution in [2.24, 2.45) is 0 Å². The van der Waals surface area contributed by atoms with Crippen molar-refractivity contribution in [3.63, 3.8) is 0 Å². The Morgan fingerprint density at radius 1 is 1.17 bits per heavy atom. The summed E-state index contributed by atoms with van der Waals surface area (Å²) in [6, 6.07) is 0. The van der Waals surface area contributed by atoms with E-state index >= 15 is 0 Å². The first-order chi connectivity index (χ1) is 2.91. The van der Waals surface area contributed by atoms with Gasteiger partial charge < -0.3 is 0 Å². The van der Waals surface area contributed by atoms with Crippen LogP contribution in [0.2, 0.25) is 0 Å². The van der Waals surface area contributed by atoms with Gasteiger partial charge in [-0.15, -0.1) is 0 Å². The van der Waals surface area contributed by atoms with Crippen molar-refractivity contribution in [2.75, 3.05) is 0 Å². The van der Waals surface area contributed by atoms with E-state index in [1.165, 1.54) is 12.8 Å². The summed E-state index contributed by atoms with van der Waals surface area (Å²) in [5.41, 5.74) is 0. The molecule has 34 valence electrons. The van der Waals surface area contributed by atoms with Gasteiger partial charge in [-0.25, -0.2) is 0 Å². The Morgan fingerprint density at radius 2 is 1.33 bits per heavy atom. The van der Waals surface area contributed by atoms with Gasteiger partial charge in [-0.05, 0) is 0 Å². The van der Waals surface area contributed by atoms with Crippen LogP contribution < -0.4 is 0 Å². The molecular weight excluding hydrogens is 129 g/mol. The van der Waals surface area contributed by atoms with Crippen LogP contribution in [0.4, 0.5) is 0 Å². The predicted octanol–water partition coefficient (Wildman–Crippen LogP) is 1.69. The van der Waals surface area contributed by atoms with Crippen LogP contribution in [0.5, 0.6) is 0 Å². The Bertz CT molecular complexity index is 15.0. The Morgan fingerprint density at radius 3 is 1.33 bits per heavy atom. The maximum atomic E-state index is 8.38. The van der Waals surface area contributed by atoms with E-state index in [0.717, 1.165) is 0 Å². The van der Waals surface area contributed by atoms with Gasteiger partial charge in [-0.1, -0.05) is 26.7 Å². The zero-order chi connectivity index (χ0) is 5.41. The second-order valence-corrected chi connectivity index (χ2v) is 1.000. The van der Waals surface area contributed by atoms with Gasteiger partial charge in [-0.2, -0.15) is 0 Å². The fourth-order valence-electron chi connectivity index (χ4n) is 0. The molecule has 0 aromatic rings. The second kappa shape index (κ2) is 18.1. The van der Waals surface area contributed by atoms with Gasteiger partial charge >= 0.3 is 21.8 Å². The van der Waals surface area contributed by atoms with Crippen molar-refractivity contribution >= 4 is 0 Å². The van der Waals surface area contributed by atoms with Crippen LogP contribution in [-0.4, -0.2) is 0 Å². The number of hydrogen-bond donors (Lipinski definition) is 0. The Balaban J connectivity index is 0. The number of hydrogen-bond acceptors (Lipinski definition) is 1. The summed E-state index contributed by atoms with van der Waals surface area (Å²) >= 11 is 0.125. The maximum absolute atomic E-state index is 8.38. The van der Waals surface area contributed by atoms with E-state index in [4.69, 9.17) is 3.57 Å². The topological polar surface area (TPSA) is 17.1 Å². The first-order valence-corrected chi connectivity index (χ1v) is 3.41. The summed E-state index contributed by atoms with van der Waals surface area (Å²) in [5.74, 6) is 0. The molecule has 0 saturated carbocycles. The molecule has 0 radical (unpaired) electrons. The summed E-state index contributed by atoms with van der Waals surface area (Å²) in [7, 11) is 0. The zero-order valence-corrected chi connectivity index (χ0v) is 7.50. The van der Waals surface area contributed by atoms with Gasteiger partial charge in [0.1, 0.15) is 0 Å². The fourth-order valence-corrected chi connectivity index (χ4v) is 0. The molecule has 0 aliphatic rings. The minimum atomic E-state index is 0.125. The molecule has 1 nitrogen and oxygen atoms in total. The molecule has 0 aromatic carbocycles. The van der Waals surface area contributed by atoms with Crippen molar-refractivity contribution in [3.05, 3.63) is 0 Å². The molecule has 0 rings (SSSR count). The molecule has 0 heterocycles. The van der Waals surface area contributed by atoms with Gasteiger partial charge in [0.2, 0.25) is 0 Å². The number of unbranched alkanes of at least 4 members (excludes halogenated alkanes) is 1. The molecule has 0 saturated heterocycles. The molecule has 0 aliphatic carbocycles. The normalized spacial score (nSPS) is 6.00. The van der Waals surface area contributed by atoms with Crippen LogP contribution in [0.15, 0.2) is 0 Å². The van der Waals surface area contributed by atoms with Crippen LogP contribution in [-0.2, 0) is 21.8 Å². The quantitative estimate of drug-likeness (QED) is 0.505. The van der Waals surface area contributed by atoms with E-state index < -0.39 is 0 Å². The molecule has 0 aromatic heterocycles. The van der Waals surface area contributed by atoms with E-state index in [2.05, 4.69) is 13.8 Å². The van der Waals surface area contributed by atoms with Crippen molar-refractivity contribution in [2.45, 2.75) is 26.7 Å². The van der Waals surface area contributed by atoms with Crippen LogP contribution >= 0.6 is 0 Å². The van der Waals surface area contributed by atoms with Crippen molar-refractivity contribution in [3.8, 4) is 0 Å². The second-order valence-electron chi connectivity index (χ2n) is 1.000. The van der Waals surface area contributed by atoms with Crippen LogP contribution in [0.25, 0.3) is 0 Å². The molecule has 0 fully saturated rings. The van der Waals surface area contributed by atoms with E-state index in [-0.39, 0.29) is 18.3 Å². The average Bonchev–Trinajstić information content (AvgIpc) is 1.72. The summed E-state index contributed by atoms with van der Waals surface area (Å²) < 4.78 is 8.38. The summed E-state index contributed by atoms with van der Waals surface area (Å²) in [4.78, 5) is 0. The molecule has 0 N–H and O–H groups in total. The van der Waals surface area contributed by atoms with E-state index in [1.54, 1.807) is 0 Å². The van der Waals surface area contributed by atoms with Crippen molar-refractivity contribution < 1.29 is 21.8 Å². The molecule has 2 heteroatoms. The Labute approximate surface area is 49.1 Å². The van der Waals surface area contributed by atoms with Gasteiger partial charge in [0.25, 0.3) is 0 Å². The van der Waals surface area contributed by atoms with Crippen molar-refractivity contribution in [1.29, 1.82) is 0 Å². The van der Waals surface area contributed by atoms with Crippen LogP contribution in [0.1, 0.15) is 26.7 Å². The summed E-state index contributed by atoms with van der Waals surface area (Å²) in [6.45, 7) is 4.36. The molecule has 0 amide bonds. The third-order valence-corrected chi connectivity index (χ3v) is 0.500. The van der Waals surface area contributed by atoms with E-state index in [1.807, 2.05) is 0 Å². The summed E-state index contributed by atoms with van der Waals surface area (Å²) in [5, 5.41) is 0. The van der Waals surface area contributed by atoms with E-state index in [9.17, 15) is 0 Å². The van der Waals surface area contributed by atoms with E-state index in [0.29, 0.717) is 0 Å². The van der Waals surface area contributed by atoms with Gasteiger partial charge in [0, 0.05) is 0 Å². The van der Waals surface area contributed by atoms with Gasteiger partial charge in [0.15, 0.2) is 0 Å². The molecule has 0 unspecified atom stereocenters. The molecule has 0 spiro atoms. The first kappa shape index (κ1) is 9.66. The Kier molecular flexibility index (Phi) is 29.1. The van der Waals surface area contributed by atoms with Crippen molar-refractivity contribution in [1.82, 2.24) is 0 Å². The zero-order valence-electron chi connectivity index (χ0n) is 4.53. The van der Waals surface area contributed by atoms with Crippen LogP contribution in [0.3, 0.4) is 0 Å². The molecule has 6 heavy (non-hydrogen) atoms. The Hall–Kier alpha value is 0.423. The van der Waals surface area contributed by atoms with Gasteiger partial charge in [0.05, 0.1) is 0 Å². The third-order valence-electron chi connectivity index (χ3n) is 0.500. The first-order valence-electron chi connectivity index (χ1n) is 2.20. The summed E-state index contributed by atoms with van der Waals surface area (Å²) in [6.07, 6.45) is 2.64. The molecule has 0 aliphatic heterocycles. The predicted molar refractivity (Wildman–Crippen MR) is 21.3 cm³/mol. The van der Waals surface area contributed by atoms with Crippen LogP contribution in [0, 0.1) is 0 Å². The standard InChI is InChI=1S/C4H10.O.Zn/c1-3-4-2;;/h3-4H2,1-2H3;;.